The van der Waals surface area contributed by atoms with Crippen LogP contribution in [-0.2, 0) is 6.42 Å². The maximum atomic E-state index is 10.9. The van der Waals surface area contributed by atoms with Crippen LogP contribution in [0.2, 0.25) is 0 Å². The second-order valence-electron chi connectivity index (χ2n) is 3.63. The van der Waals surface area contributed by atoms with Crippen LogP contribution >= 0.6 is 15.9 Å². The van der Waals surface area contributed by atoms with Gasteiger partial charge in [-0.25, -0.2) is 0 Å². The smallest absolute Gasteiger partial charge is 0.292 e. The zero-order valence-corrected chi connectivity index (χ0v) is 9.90. The molecule has 1 unspecified atom stereocenters. The van der Waals surface area contributed by atoms with Gasteiger partial charge in [-0.3, -0.25) is 10.1 Å². The first kappa shape index (κ1) is 10.4. The summed E-state index contributed by atoms with van der Waals surface area (Å²) in [5, 5.41) is 10.9. The molecule has 0 radical (unpaired) electrons. The van der Waals surface area contributed by atoms with Gasteiger partial charge in [-0.1, -0.05) is 28.1 Å². The molecule has 0 spiro atoms. The standard InChI is InChI=1S/C10H11BrN2O2/c1-12-9(11)6-5-7-3-2-4-8(10(7)12)13(14)15/h2-4,9H,5-6H2,1H3. The van der Waals surface area contributed by atoms with E-state index in [1.165, 1.54) is 0 Å². The van der Waals surface area contributed by atoms with E-state index in [4.69, 9.17) is 0 Å². The third kappa shape index (κ3) is 1.71. The van der Waals surface area contributed by atoms with Gasteiger partial charge in [0.05, 0.1) is 9.87 Å². The molecule has 2 rings (SSSR count). The second-order valence-corrected chi connectivity index (χ2v) is 4.68. The van der Waals surface area contributed by atoms with E-state index in [1.807, 2.05) is 18.0 Å². The Morgan fingerprint density at radius 2 is 2.33 bits per heavy atom. The SMILES string of the molecule is CN1c2c(cccc2[N+](=O)[O-])CCC1Br. The molecule has 1 aliphatic heterocycles. The van der Waals surface area contributed by atoms with Gasteiger partial charge in [0.15, 0.2) is 0 Å². The highest BCUT2D eigenvalue weighted by molar-refractivity contribution is 9.09. The summed E-state index contributed by atoms with van der Waals surface area (Å²) >= 11 is 3.51. The van der Waals surface area contributed by atoms with Gasteiger partial charge in [-0.2, -0.15) is 0 Å². The van der Waals surface area contributed by atoms with Crippen LogP contribution in [0.25, 0.3) is 0 Å². The Morgan fingerprint density at radius 3 is 3.00 bits per heavy atom. The molecule has 1 atom stereocenters. The van der Waals surface area contributed by atoms with Crippen LogP contribution in [0, 0.1) is 10.1 Å². The largest absolute Gasteiger partial charge is 0.356 e. The molecule has 0 bridgehead atoms. The number of anilines is 1. The Morgan fingerprint density at radius 1 is 1.60 bits per heavy atom. The molecular formula is C10H11BrN2O2. The Labute approximate surface area is 96.2 Å². The van der Waals surface area contributed by atoms with Gasteiger partial charge >= 0.3 is 0 Å². The molecule has 1 heterocycles. The van der Waals surface area contributed by atoms with E-state index in [0.29, 0.717) is 0 Å². The molecule has 15 heavy (non-hydrogen) atoms. The first-order chi connectivity index (χ1) is 7.11. The minimum atomic E-state index is -0.319. The number of benzene rings is 1. The van der Waals surface area contributed by atoms with Crippen molar-refractivity contribution in [1.82, 2.24) is 0 Å². The predicted octanol–water partition coefficient (Wildman–Crippen LogP) is 2.70. The molecule has 0 saturated carbocycles. The zero-order chi connectivity index (χ0) is 11.0. The summed E-state index contributed by atoms with van der Waals surface area (Å²) in [6.07, 6.45) is 1.86. The van der Waals surface area contributed by atoms with Crippen LogP contribution in [0.4, 0.5) is 11.4 Å². The molecule has 0 fully saturated rings. The number of hydrogen-bond acceptors (Lipinski definition) is 3. The second kappa shape index (κ2) is 3.81. The molecule has 4 nitrogen and oxygen atoms in total. The fourth-order valence-corrected chi connectivity index (χ4v) is 2.38. The van der Waals surface area contributed by atoms with Crippen molar-refractivity contribution in [3.8, 4) is 0 Å². The van der Waals surface area contributed by atoms with E-state index < -0.39 is 0 Å². The lowest BCUT2D eigenvalue weighted by Gasteiger charge is -2.31. The Kier molecular flexibility index (Phi) is 2.65. The lowest BCUT2D eigenvalue weighted by Crippen LogP contribution is -2.31. The third-order valence-electron chi connectivity index (χ3n) is 2.72. The molecular weight excluding hydrogens is 260 g/mol. The normalized spacial score (nSPS) is 19.9. The number of halogens is 1. The summed E-state index contributed by atoms with van der Waals surface area (Å²) in [6, 6.07) is 5.26. The van der Waals surface area contributed by atoms with Crippen LogP contribution in [0.3, 0.4) is 0 Å². The maximum absolute atomic E-state index is 10.9. The Hall–Kier alpha value is -1.10. The number of nitro benzene ring substituents is 1. The fourth-order valence-electron chi connectivity index (χ4n) is 1.94. The van der Waals surface area contributed by atoms with Gasteiger partial charge in [0.2, 0.25) is 0 Å². The highest BCUT2D eigenvalue weighted by Gasteiger charge is 2.28. The fraction of sp³-hybridized carbons (Fsp3) is 0.400. The monoisotopic (exact) mass is 270 g/mol. The first-order valence-electron chi connectivity index (χ1n) is 4.74. The Balaban J connectivity index is 2.57. The van der Waals surface area contributed by atoms with Crippen molar-refractivity contribution in [2.75, 3.05) is 11.9 Å². The van der Waals surface area contributed by atoms with E-state index in [1.54, 1.807) is 12.1 Å². The summed E-state index contributed by atoms with van der Waals surface area (Å²) in [5.74, 6) is 0. The number of nitro groups is 1. The van der Waals surface area contributed by atoms with Gasteiger partial charge in [-0.15, -0.1) is 0 Å². The molecule has 1 aromatic rings. The molecule has 1 aliphatic rings. The number of nitrogens with zero attached hydrogens (tertiary/aromatic N) is 2. The summed E-state index contributed by atoms with van der Waals surface area (Å²) in [7, 11) is 1.88. The van der Waals surface area contributed by atoms with E-state index in [0.717, 1.165) is 24.1 Å². The molecule has 1 aromatic carbocycles. The molecule has 80 valence electrons. The van der Waals surface area contributed by atoms with Gasteiger partial charge < -0.3 is 4.90 Å². The number of para-hydroxylation sites is 1. The molecule has 0 N–H and O–H groups in total. The van der Waals surface area contributed by atoms with Crippen LogP contribution in [0.1, 0.15) is 12.0 Å². The van der Waals surface area contributed by atoms with Crippen molar-refractivity contribution in [3.63, 3.8) is 0 Å². The van der Waals surface area contributed by atoms with E-state index in [9.17, 15) is 10.1 Å². The van der Waals surface area contributed by atoms with Crippen LogP contribution in [0.5, 0.6) is 0 Å². The van der Waals surface area contributed by atoms with Gasteiger partial charge in [0, 0.05) is 13.1 Å². The Bertz CT molecular complexity index is 408. The third-order valence-corrected chi connectivity index (χ3v) is 3.79. The predicted molar refractivity (Wildman–Crippen MR) is 62.5 cm³/mol. The molecule has 0 saturated heterocycles. The van der Waals surface area contributed by atoms with E-state index in [2.05, 4.69) is 15.9 Å². The highest BCUT2D eigenvalue weighted by Crippen LogP contribution is 2.38. The summed E-state index contributed by atoms with van der Waals surface area (Å²) in [5.41, 5.74) is 2.00. The summed E-state index contributed by atoms with van der Waals surface area (Å²) < 4.78 is 0. The molecule has 0 aromatic heterocycles. The first-order valence-corrected chi connectivity index (χ1v) is 5.66. The zero-order valence-electron chi connectivity index (χ0n) is 8.31. The van der Waals surface area contributed by atoms with Crippen molar-refractivity contribution >= 4 is 27.3 Å². The average Bonchev–Trinajstić information content (AvgIpc) is 2.23. The van der Waals surface area contributed by atoms with Crippen molar-refractivity contribution in [1.29, 1.82) is 0 Å². The van der Waals surface area contributed by atoms with Crippen molar-refractivity contribution in [3.05, 3.63) is 33.9 Å². The minimum absolute atomic E-state index is 0.186. The van der Waals surface area contributed by atoms with Crippen LogP contribution in [0.15, 0.2) is 18.2 Å². The molecule has 0 amide bonds. The van der Waals surface area contributed by atoms with Gasteiger partial charge in [0.1, 0.15) is 5.69 Å². The number of fused-ring (bicyclic) bond motifs is 1. The maximum Gasteiger partial charge on any atom is 0.292 e. The lowest BCUT2D eigenvalue weighted by atomic mass is 10.0. The summed E-state index contributed by atoms with van der Waals surface area (Å²) in [4.78, 5) is 12.7. The van der Waals surface area contributed by atoms with Gasteiger partial charge in [0.25, 0.3) is 5.69 Å². The average molecular weight is 271 g/mol. The number of hydrogen-bond donors (Lipinski definition) is 0. The highest BCUT2D eigenvalue weighted by atomic mass is 79.9. The summed E-state index contributed by atoms with van der Waals surface area (Å²) in [6.45, 7) is 0. The lowest BCUT2D eigenvalue weighted by molar-refractivity contribution is -0.384. The molecule has 0 aliphatic carbocycles. The topological polar surface area (TPSA) is 46.4 Å². The molecule has 5 heteroatoms. The van der Waals surface area contributed by atoms with Gasteiger partial charge in [-0.05, 0) is 18.4 Å². The van der Waals surface area contributed by atoms with Crippen molar-refractivity contribution in [2.24, 2.45) is 0 Å². The quantitative estimate of drug-likeness (QED) is 0.341. The van der Waals surface area contributed by atoms with Crippen molar-refractivity contribution in [2.45, 2.75) is 17.8 Å². The van der Waals surface area contributed by atoms with Crippen LogP contribution in [-0.4, -0.2) is 16.9 Å². The van der Waals surface area contributed by atoms with Crippen molar-refractivity contribution < 1.29 is 4.92 Å². The number of rotatable bonds is 1. The number of aryl methyl sites for hydroxylation is 1. The number of alkyl halides is 1. The minimum Gasteiger partial charge on any atom is -0.356 e. The van der Waals surface area contributed by atoms with E-state index >= 15 is 0 Å². The van der Waals surface area contributed by atoms with E-state index in [-0.39, 0.29) is 15.6 Å². The van der Waals surface area contributed by atoms with Crippen LogP contribution < -0.4 is 4.90 Å².